The van der Waals surface area contributed by atoms with Gasteiger partial charge in [0, 0.05) is 15.7 Å². The number of halogens is 1. The van der Waals surface area contributed by atoms with Gasteiger partial charge in [-0.2, -0.15) is 0 Å². The van der Waals surface area contributed by atoms with Gasteiger partial charge in [0.15, 0.2) is 5.82 Å². The van der Waals surface area contributed by atoms with Gasteiger partial charge >= 0.3 is 0 Å². The summed E-state index contributed by atoms with van der Waals surface area (Å²) in [4.78, 5) is 32.2. The first-order valence-electron chi connectivity index (χ1n) is 9.34. The number of benzene rings is 3. The molecule has 4 rings (SSSR count). The van der Waals surface area contributed by atoms with E-state index in [4.69, 9.17) is 0 Å². The molecule has 148 valence electrons. The molecule has 2 N–H and O–H groups in total. The lowest BCUT2D eigenvalue weighted by atomic mass is 10.1. The van der Waals surface area contributed by atoms with Crippen LogP contribution in [0.25, 0.3) is 17.1 Å². The molecule has 0 spiro atoms. The van der Waals surface area contributed by atoms with Crippen LogP contribution in [-0.4, -0.2) is 21.7 Å². The minimum atomic E-state index is -0.207. The Morgan fingerprint density at radius 2 is 1.73 bits per heavy atom. The lowest BCUT2D eigenvalue weighted by Gasteiger charge is -2.05. The topological polar surface area (TPSA) is 74.8 Å². The summed E-state index contributed by atoms with van der Waals surface area (Å²) in [5.41, 5.74) is 4.78. The van der Waals surface area contributed by atoms with E-state index in [0.717, 1.165) is 32.3 Å². The zero-order valence-electron chi connectivity index (χ0n) is 16.1. The van der Waals surface area contributed by atoms with Gasteiger partial charge in [0.2, 0.25) is 5.78 Å². The van der Waals surface area contributed by atoms with Gasteiger partial charge in [-0.25, -0.2) is 4.98 Å². The van der Waals surface area contributed by atoms with Crippen molar-refractivity contribution in [1.82, 2.24) is 9.97 Å². The van der Waals surface area contributed by atoms with Gasteiger partial charge in [0.25, 0.3) is 5.91 Å². The van der Waals surface area contributed by atoms with Crippen molar-refractivity contribution in [3.05, 3.63) is 99.8 Å². The highest BCUT2D eigenvalue weighted by Gasteiger charge is 2.09. The summed E-state index contributed by atoms with van der Waals surface area (Å²) in [7, 11) is 0. The van der Waals surface area contributed by atoms with E-state index >= 15 is 0 Å². The average Bonchev–Trinajstić information content (AvgIpc) is 3.17. The summed E-state index contributed by atoms with van der Waals surface area (Å²) >= 11 is 3.37. The molecule has 1 amide bonds. The van der Waals surface area contributed by atoms with E-state index in [0.29, 0.717) is 11.4 Å². The Morgan fingerprint density at radius 3 is 2.47 bits per heavy atom. The number of hydrogen-bond acceptors (Lipinski definition) is 3. The molecule has 0 saturated heterocycles. The van der Waals surface area contributed by atoms with Crippen LogP contribution >= 0.6 is 15.9 Å². The number of carbonyl (C=O) groups excluding carboxylic acids is 2. The monoisotopic (exact) mass is 459 g/mol. The second kappa shape index (κ2) is 8.47. The Bertz CT molecular complexity index is 1260. The zero-order valence-corrected chi connectivity index (χ0v) is 17.7. The van der Waals surface area contributed by atoms with Crippen LogP contribution in [0.15, 0.2) is 77.3 Å². The van der Waals surface area contributed by atoms with Crippen LogP contribution in [0.1, 0.15) is 32.1 Å². The Balaban J connectivity index is 1.43. The van der Waals surface area contributed by atoms with Gasteiger partial charge < -0.3 is 10.3 Å². The molecule has 0 radical (unpaired) electrons. The van der Waals surface area contributed by atoms with Crippen LogP contribution in [0, 0.1) is 6.92 Å². The van der Waals surface area contributed by atoms with E-state index in [2.05, 4.69) is 31.2 Å². The number of H-pyrrole nitrogens is 1. The van der Waals surface area contributed by atoms with Crippen molar-refractivity contribution in [2.45, 2.75) is 6.92 Å². The minimum absolute atomic E-state index is 0.193. The van der Waals surface area contributed by atoms with Gasteiger partial charge in [0.05, 0.1) is 11.0 Å². The first-order chi connectivity index (χ1) is 14.5. The largest absolute Gasteiger partial charge is 0.335 e. The third kappa shape index (κ3) is 4.55. The van der Waals surface area contributed by atoms with Crippen molar-refractivity contribution in [2.24, 2.45) is 0 Å². The first kappa shape index (κ1) is 19.8. The maximum absolute atomic E-state index is 12.4. The summed E-state index contributed by atoms with van der Waals surface area (Å²) in [6, 6.07) is 20.2. The average molecular weight is 460 g/mol. The van der Waals surface area contributed by atoms with Crippen molar-refractivity contribution in [1.29, 1.82) is 0 Å². The number of amides is 1. The highest BCUT2D eigenvalue weighted by Crippen LogP contribution is 2.16. The molecule has 0 fully saturated rings. The maximum Gasteiger partial charge on any atom is 0.255 e. The van der Waals surface area contributed by atoms with Crippen molar-refractivity contribution < 1.29 is 9.59 Å². The smallest absolute Gasteiger partial charge is 0.255 e. The summed E-state index contributed by atoms with van der Waals surface area (Å²) in [6.07, 6.45) is 3.18. The van der Waals surface area contributed by atoms with E-state index in [-0.39, 0.29) is 11.7 Å². The molecule has 1 aromatic heterocycles. The van der Waals surface area contributed by atoms with Gasteiger partial charge in [-0.15, -0.1) is 0 Å². The number of aromatic nitrogens is 2. The van der Waals surface area contributed by atoms with E-state index in [1.165, 1.54) is 6.08 Å². The number of imidazole rings is 1. The lowest BCUT2D eigenvalue weighted by molar-refractivity contribution is 0.102. The third-order valence-corrected chi connectivity index (χ3v) is 5.10. The Hall–Kier alpha value is -3.51. The number of fused-ring (bicyclic) bond motifs is 1. The normalized spacial score (nSPS) is 11.1. The van der Waals surface area contributed by atoms with E-state index < -0.39 is 0 Å². The Labute approximate surface area is 182 Å². The molecule has 0 aliphatic carbocycles. The molecule has 0 atom stereocenters. The van der Waals surface area contributed by atoms with Gasteiger partial charge in [-0.1, -0.05) is 40.2 Å². The van der Waals surface area contributed by atoms with Crippen LogP contribution in [0.2, 0.25) is 0 Å². The Morgan fingerprint density at radius 1 is 1.00 bits per heavy atom. The molecule has 4 aromatic rings. The van der Waals surface area contributed by atoms with E-state index in [9.17, 15) is 9.59 Å². The molecule has 0 saturated carbocycles. The number of nitrogens with one attached hydrogen (secondary N) is 2. The van der Waals surface area contributed by atoms with Crippen LogP contribution in [0.5, 0.6) is 0 Å². The minimum Gasteiger partial charge on any atom is -0.335 e. The number of rotatable bonds is 5. The number of anilines is 1. The molecule has 3 aromatic carbocycles. The molecule has 0 unspecified atom stereocenters. The summed E-state index contributed by atoms with van der Waals surface area (Å²) < 4.78 is 0.948. The molecule has 0 aliphatic rings. The number of ketones is 1. The quantitative estimate of drug-likeness (QED) is 0.293. The number of aromatic amines is 1. The van der Waals surface area contributed by atoms with Gasteiger partial charge in [0.1, 0.15) is 0 Å². The van der Waals surface area contributed by atoms with Crippen LogP contribution in [0.3, 0.4) is 0 Å². The zero-order chi connectivity index (χ0) is 21.1. The van der Waals surface area contributed by atoms with Crippen LogP contribution in [0.4, 0.5) is 5.69 Å². The molecule has 0 aliphatic heterocycles. The fourth-order valence-electron chi connectivity index (χ4n) is 2.97. The Kier molecular flexibility index (Phi) is 5.59. The fraction of sp³-hybridized carbons (Fsp3) is 0.0417. The number of allylic oxidation sites excluding steroid dienone is 1. The standard InChI is InChI=1S/C24H18BrN3O2/c1-15-2-12-20-21(14-15)28-23(27-20)22(29)13-5-16-3-6-17(7-4-16)24(30)26-19-10-8-18(25)9-11-19/h2-14H,1H3,(H,26,30)(H,27,28). The first-order valence-corrected chi connectivity index (χ1v) is 10.1. The maximum atomic E-state index is 12.4. The summed E-state index contributed by atoms with van der Waals surface area (Å²) in [5, 5.41) is 2.85. The third-order valence-electron chi connectivity index (χ3n) is 4.57. The molecular formula is C24H18BrN3O2. The molecule has 5 nitrogen and oxygen atoms in total. The lowest BCUT2D eigenvalue weighted by Crippen LogP contribution is -2.11. The predicted octanol–water partition coefficient (Wildman–Crippen LogP) is 5.78. The van der Waals surface area contributed by atoms with Crippen molar-refractivity contribution >= 4 is 50.4 Å². The fourth-order valence-corrected chi connectivity index (χ4v) is 3.24. The second-order valence-corrected chi connectivity index (χ2v) is 7.80. The van der Waals surface area contributed by atoms with E-state index in [1.807, 2.05) is 49.4 Å². The summed E-state index contributed by atoms with van der Waals surface area (Å²) in [5.74, 6) is -0.0974. The van der Waals surface area contributed by atoms with Crippen molar-refractivity contribution in [3.63, 3.8) is 0 Å². The number of hydrogen-bond donors (Lipinski definition) is 2. The van der Waals surface area contributed by atoms with Crippen molar-refractivity contribution in [3.8, 4) is 0 Å². The van der Waals surface area contributed by atoms with Gasteiger partial charge in [-0.3, -0.25) is 9.59 Å². The van der Waals surface area contributed by atoms with Crippen LogP contribution < -0.4 is 5.32 Å². The van der Waals surface area contributed by atoms with Crippen LogP contribution in [-0.2, 0) is 0 Å². The molecule has 30 heavy (non-hydrogen) atoms. The number of aryl methyl sites for hydroxylation is 1. The number of carbonyl (C=O) groups is 2. The highest BCUT2D eigenvalue weighted by molar-refractivity contribution is 9.10. The molecular weight excluding hydrogens is 442 g/mol. The molecule has 1 heterocycles. The number of nitrogens with zero attached hydrogens (tertiary/aromatic N) is 1. The predicted molar refractivity (Wildman–Crippen MR) is 123 cm³/mol. The highest BCUT2D eigenvalue weighted by atomic mass is 79.9. The van der Waals surface area contributed by atoms with E-state index in [1.54, 1.807) is 30.3 Å². The molecule has 0 bridgehead atoms. The van der Waals surface area contributed by atoms with Gasteiger partial charge in [-0.05, 0) is 72.7 Å². The second-order valence-electron chi connectivity index (χ2n) is 6.89. The SMILES string of the molecule is Cc1ccc2nc(C(=O)C=Cc3ccc(C(=O)Nc4ccc(Br)cc4)cc3)[nH]c2c1. The van der Waals surface area contributed by atoms with Crippen molar-refractivity contribution in [2.75, 3.05) is 5.32 Å². The molecule has 6 heteroatoms. The summed E-state index contributed by atoms with van der Waals surface area (Å²) in [6.45, 7) is 1.99.